The van der Waals surface area contributed by atoms with Crippen LogP contribution in [0.5, 0.6) is 11.5 Å². The number of phenolic OH excluding ortho intramolecular Hbond substituents is 1. The minimum Gasteiger partial charge on any atom is -0.504 e. The first-order valence-corrected chi connectivity index (χ1v) is 6.55. The highest BCUT2D eigenvalue weighted by Crippen LogP contribution is 2.43. The van der Waals surface area contributed by atoms with Crippen LogP contribution in [-0.4, -0.2) is 18.8 Å². The Labute approximate surface area is 107 Å². The summed E-state index contributed by atoms with van der Waals surface area (Å²) in [4.78, 5) is 0. The van der Waals surface area contributed by atoms with E-state index in [9.17, 15) is 5.11 Å². The third-order valence-corrected chi connectivity index (χ3v) is 4.16. The van der Waals surface area contributed by atoms with Crippen molar-refractivity contribution in [2.75, 3.05) is 19.0 Å². The molecule has 0 aliphatic heterocycles. The van der Waals surface area contributed by atoms with E-state index < -0.39 is 0 Å². The van der Waals surface area contributed by atoms with Gasteiger partial charge >= 0.3 is 0 Å². The van der Waals surface area contributed by atoms with E-state index in [1.54, 1.807) is 19.2 Å². The second kappa shape index (κ2) is 4.56. The zero-order valence-corrected chi connectivity index (χ0v) is 10.6. The smallest absolute Gasteiger partial charge is 0.160 e. The highest BCUT2D eigenvalue weighted by Gasteiger charge is 2.35. The number of methoxy groups -OCH3 is 1. The molecule has 1 saturated carbocycles. The molecule has 1 fully saturated rings. The minimum atomic E-state index is 0.190. The molecule has 2 N–H and O–H groups in total. The van der Waals surface area contributed by atoms with Gasteiger partial charge in [0, 0.05) is 18.3 Å². The van der Waals surface area contributed by atoms with Gasteiger partial charge in [-0.05, 0) is 42.7 Å². The lowest BCUT2D eigenvalue weighted by Gasteiger charge is -2.19. The van der Waals surface area contributed by atoms with Crippen LogP contribution in [0.4, 0.5) is 5.69 Å². The SMILES string of the molecule is COc1ccc(NCC2CC3C=CC2C3)cc1O. The summed E-state index contributed by atoms with van der Waals surface area (Å²) in [6.45, 7) is 0.983. The Hall–Kier alpha value is -1.64. The first-order chi connectivity index (χ1) is 8.76. The van der Waals surface area contributed by atoms with Crippen molar-refractivity contribution in [3.05, 3.63) is 30.4 Å². The van der Waals surface area contributed by atoms with Crippen LogP contribution in [0.25, 0.3) is 0 Å². The molecule has 96 valence electrons. The fourth-order valence-corrected chi connectivity index (χ4v) is 3.18. The van der Waals surface area contributed by atoms with Gasteiger partial charge in [0.2, 0.25) is 0 Å². The van der Waals surface area contributed by atoms with E-state index in [1.165, 1.54) is 12.8 Å². The topological polar surface area (TPSA) is 41.5 Å². The molecule has 3 heteroatoms. The predicted molar refractivity (Wildman–Crippen MR) is 72.0 cm³/mol. The number of allylic oxidation sites excluding steroid dienone is 2. The third kappa shape index (κ3) is 2.05. The molecule has 0 spiro atoms. The number of anilines is 1. The summed E-state index contributed by atoms with van der Waals surface area (Å²) in [6.07, 6.45) is 7.36. The number of rotatable bonds is 4. The molecule has 3 unspecified atom stereocenters. The van der Waals surface area contributed by atoms with E-state index in [0.717, 1.165) is 30.0 Å². The second-order valence-corrected chi connectivity index (χ2v) is 5.31. The average Bonchev–Trinajstić information content (AvgIpc) is 2.98. The molecule has 2 aliphatic rings. The Morgan fingerprint density at radius 2 is 2.22 bits per heavy atom. The van der Waals surface area contributed by atoms with Crippen LogP contribution in [0.15, 0.2) is 30.4 Å². The molecular weight excluding hydrogens is 226 g/mol. The van der Waals surface area contributed by atoms with E-state index in [0.29, 0.717) is 5.75 Å². The quantitative estimate of drug-likeness (QED) is 0.801. The molecule has 1 aromatic carbocycles. The average molecular weight is 245 g/mol. The van der Waals surface area contributed by atoms with Crippen LogP contribution in [0.3, 0.4) is 0 Å². The molecular formula is C15H19NO2. The van der Waals surface area contributed by atoms with Gasteiger partial charge in [0.05, 0.1) is 7.11 Å². The van der Waals surface area contributed by atoms with E-state index in [1.807, 2.05) is 6.07 Å². The summed E-state index contributed by atoms with van der Waals surface area (Å²) >= 11 is 0. The Balaban J connectivity index is 1.60. The number of aromatic hydroxyl groups is 1. The second-order valence-electron chi connectivity index (χ2n) is 5.31. The highest BCUT2D eigenvalue weighted by atomic mass is 16.5. The zero-order valence-electron chi connectivity index (χ0n) is 10.6. The van der Waals surface area contributed by atoms with Crippen molar-refractivity contribution in [3.63, 3.8) is 0 Å². The van der Waals surface area contributed by atoms with Crippen molar-refractivity contribution >= 4 is 5.69 Å². The van der Waals surface area contributed by atoms with Crippen LogP contribution in [-0.2, 0) is 0 Å². The van der Waals surface area contributed by atoms with Gasteiger partial charge in [0.1, 0.15) is 0 Å². The van der Waals surface area contributed by atoms with Crippen molar-refractivity contribution in [2.45, 2.75) is 12.8 Å². The number of fused-ring (bicyclic) bond motifs is 2. The van der Waals surface area contributed by atoms with Gasteiger partial charge in [0.25, 0.3) is 0 Å². The van der Waals surface area contributed by atoms with Crippen molar-refractivity contribution < 1.29 is 9.84 Å². The summed E-state index contributed by atoms with van der Waals surface area (Å²) < 4.78 is 5.03. The summed E-state index contributed by atoms with van der Waals surface area (Å²) in [5.74, 6) is 3.02. The fraction of sp³-hybridized carbons (Fsp3) is 0.467. The van der Waals surface area contributed by atoms with Crippen molar-refractivity contribution in [1.29, 1.82) is 0 Å². The molecule has 0 heterocycles. The first kappa shape index (κ1) is 11.5. The van der Waals surface area contributed by atoms with Crippen LogP contribution in [0, 0.1) is 17.8 Å². The Bertz CT molecular complexity index is 470. The summed E-state index contributed by atoms with van der Waals surface area (Å²) in [5.41, 5.74) is 0.958. The molecule has 0 aromatic heterocycles. The van der Waals surface area contributed by atoms with Gasteiger partial charge in [0.15, 0.2) is 11.5 Å². The van der Waals surface area contributed by atoms with Gasteiger partial charge in [-0.1, -0.05) is 12.2 Å². The monoisotopic (exact) mass is 245 g/mol. The Kier molecular flexibility index (Phi) is 2.90. The summed E-state index contributed by atoms with van der Waals surface area (Å²) in [5, 5.41) is 13.1. The van der Waals surface area contributed by atoms with Gasteiger partial charge in [-0.2, -0.15) is 0 Å². The fourth-order valence-electron chi connectivity index (χ4n) is 3.18. The summed E-state index contributed by atoms with van der Waals surface area (Å²) in [7, 11) is 1.56. The molecule has 3 rings (SSSR count). The van der Waals surface area contributed by atoms with E-state index in [2.05, 4.69) is 17.5 Å². The van der Waals surface area contributed by atoms with Crippen LogP contribution in [0.2, 0.25) is 0 Å². The van der Waals surface area contributed by atoms with Gasteiger partial charge < -0.3 is 15.2 Å². The molecule has 18 heavy (non-hydrogen) atoms. The highest BCUT2D eigenvalue weighted by molar-refractivity contribution is 5.54. The van der Waals surface area contributed by atoms with E-state index in [-0.39, 0.29) is 5.75 Å². The number of nitrogens with one attached hydrogen (secondary N) is 1. The standard InChI is InChI=1S/C15H19NO2/c1-18-15-5-4-13(8-14(15)17)16-9-12-7-10-2-3-11(12)6-10/h2-5,8,10-12,16-17H,6-7,9H2,1H3. The van der Waals surface area contributed by atoms with Crippen molar-refractivity contribution in [2.24, 2.45) is 17.8 Å². The Morgan fingerprint density at radius 3 is 2.83 bits per heavy atom. The lowest BCUT2D eigenvalue weighted by atomic mass is 9.93. The lowest BCUT2D eigenvalue weighted by Crippen LogP contribution is -2.18. The largest absolute Gasteiger partial charge is 0.504 e. The maximum atomic E-state index is 9.71. The number of phenols is 1. The Morgan fingerprint density at radius 1 is 1.33 bits per heavy atom. The molecule has 1 aromatic rings. The number of benzene rings is 1. The van der Waals surface area contributed by atoms with Crippen LogP contribution < -0.4 is 10.1 Å². The minimum absolute atomic E-state index is 0.190. The third-order valence-electron chi connectivity index (χ3n) is 4.16. The molecule has 3 atom stereocenters. The normalized spacial score (nSPS) is 28.6. The lowest BCUT2D eigenvalue weighted by molar-refractivity contribution is 0.373. The van der Waals surface area contributed by atoms with Crippen LogP contribution in [0.1, 0.15) is 12.8 Å². The van der Waals surface area contributed by atoms with Gasteiger partial charge in [-0.25, -0.2) is 0 Å². The zero-order chi connectivity index (χ0) is 12.5. The predicted octanol–water partition coefficient (Wildman–Crippen LogP) is 3.02. The van der Waals surface area contributed by atoms with Gasteiger partial charge in [-0.15, -0.1) is 0 Å². The maximum absolute atomic E-state index is 9.71. The number of ether oxygens (including phenoxy) is 1. The number of hydrogen-bond acceptors (Lipinski definition) is 3. The molecule has 3 nitrogen and oxygen atoms in total. The van der Waals surface area contributed by atoms with E-state index in [4.69, 9.17) is 4.74 Å². The van der Waals surface area contributed by atoms with E-state index >= 15 is 0 Å². The number of hydrogen-bond donors (Lipinski definition) is 2. The van der Waals surface area contributed by atoms with Crippen LogP contribution >= 0.6 is 0 Å². The molecule has 2 bridgehead atoms. The maximum Gasteiger partial charge on any atom is 0.160 e. The van der Waals surface area contributed by atoms with Crippen molar-refractivity contribution in [3.8, 4) is 11.5 Å². The first-order valence-electron chi connectivity index (χ1n) is 6.55. The molecule has 0 radical (unpaired) electrons. The van der Waals surface area contributed by atoms with Gasteiger partial charge in [-0.3, -0.25) is 0 Å². The van der Waals surface area contributed by atoms with Crippen molar-refractivity contribution in [1.82, 2.24) is 0 Å². The molecule has 2 aliphatic carbocycles. The summed E-state index contributed by atoms with van der Waals surface area (Å²) in [6, 6.07) is 5.46. The molecule has 0 amide bonds. The molecule has 0 saturated heterocycles.